The number of piperidine rings is 1. The Kier molecular flexibility index (Phi) is 6.93. The molecular formula is C34H38N2O6S. The summed E-state index contributed by atoms with van der Waals surface area (Å²) in [6, 6.07) is 22.7. The number of esters is 1. The van der Waals surface area contributed by atoms with E-state index >= 15 is 0 Å². The monoisotopic (exact) mass is 602 g/mol. The van der Waals surface area contributed by atoms with Gasteiger partial charge in [0.05, 0.1) is 22.8 Å². The summed E-state index contributed by atoms with van der Waals surface area (Å²) in [7, 11) is -2.06. The molecule has 3 aromatic rings. The summed E-state index contributed by atoms with van der Waals surface area (Å²) in [6.07, 6.45) is 2.44. The van der Waals surface area contributed by atoms with Crippen LogP contribution in [0.5, 0.6) is 11.5 Å². The van der Waals surface area contributed by atoms with Crippen LogP contribution in [0.15, 0.2) is 72.8 Å². The van der Waals surface area contributed by atoms with E-state index in [4.69, 9.17) is 9.47 Å². The second-order valence-corrected chi connectivity index (χ2v) is 14.6. The first-order chi connectivity index (χ1) is 20.6. The number of likely N-dealkylation sites (N-methyl/N-ethyl adjacent to an activating group) is 1. The molecule has 43 heavy (non-hydrogen) atoms. The van der Waals surface area contributed by atoms with Gasteiger partial charge in [0.1, 0.15) is 6.10 Å². The van der Waals surface area contributed by atoms with Crippen molar-refractivity contribution in [3.05, 3.63) is 95.1 Å². The molecule has 226 valence electrons. The predicted octanol–water partition coefficient (Wildman–Crippen LogP) is 3.84. The minimum Gasteiger partial charge on any atom is -0.483 e. The molecule has 7 rings (SSSR count). The molecule has 9 heteroatoms. The molecule has 2 fully saturated rings. The highest BCUT2D eigenvalue weighted by Gasteiger charge is 2.73. The second-order valence-electron chi connectivity index (χ2n) is 12.6. The molecule has 1 saturated carbocycles. The van der Waals surface area contributed by atoms with E-state index in [0.29, 0.717) is 37.2 Å². The summed E-state index contributed by atoms with van der Waals surface area (Å²) < 4.78 is 41.4. The zero-order valence-electron chi connectivity index (χ0n) is 24.6. The Bertz CT molecular complexity index is 1650. The lowest BCUT2D eigenvalue weighted by molar-refractivity contribution is -0.195. The van der Waals surface area contributed by atoms with Crippen molar-refractivity contribution in [1.82, 2.24) is 9.21 Å². The number of aliphatic hydroxyl groups is 1. The summed E-state index contributed by atoms with van der Waals surface area (Å²) in [4.78, 5) is 14.5. The molecule has 2 bridgehead atoms. The van der Waals surface area contributed by atoms with Gasteiger partial charge in [-0.3, -0.25) is 9.69 Å². The first-order valence-corrected chi connectivity index (χ1v) is 16.8. The minimum absolute atomic E-state index is 0.113. The zero-order valence-corrected chi connectivity index (χ0v) is 25.4. The van der Waals surface area contributed by atoms with Crippen LogP contribution in [0.3, 0.4) is 0 Å². The number of nitrogens with zero attached hydrogens (tertiary/aromatic N) is 2. The van der Waals surface area contributed by atoms with E-state index in [0.717, 1.165) is 36.2 Å². The van der Waals surface area contributed by atoms with Crippen molar-refractivity contribution in [2.45, 2.75) is 74.0 Å². The number of hydrogen-bond donors (Lipinski definition) is 1. The normalized spacial score (nSPS) is 29.2. The van der Waals surface area contributed by atoms with Crippen LogP contribution in [0, 0.1) is 0 Å². The average molecular weight is 603 g/mol. The first kappa shape index (κ1) is 28.5. The Morgan fingerprint density at radius 2 is 1.74 bits per heavy atom. The molecule has 2 heterocycles. The van der Waals surface area contributed by atoms with Crippen molar-refractivity contribution in [3.63, 3.8) is 0 Å². The molecule has 1 spiro atoms. The Balaban J connectivity index is 1.28. The quantitative estimate of drug-likeness (QED) is 0.309. The fourth-order valence-corrected chi connectivity index (χ4v) is 9.93. The third kappa shape index (κ3) is 4.43. The van der Waals surface area contributed by atoms with Gasteiger partial charge in [0.15, 0.2) is 11.5 Å². The Morgan fingerprint density at radius 3 is 2.44 bits per heavy atom. The summed E-state index contributed by atoms with van der Waals surface area (Å²) in [5.41, 5.74) is 2.01. The lowest BCUT2D eigenvalue weighted by Crippen LogP contribution is -2.78. The van der Waals surface area contributed by atoms with Crippen molar-refractivity contribution in [2.75, 3.05) is 20.1 Å². The SMILES string of the molecule is CC(=O)Oc1ccc2c3c1O[C@H]1[C@H](N(C)S(=O)(=O)Cc4ccccc4)CC[C@@]4(O)[C@@H](C2)N(CCc2ccccc2)CC[C@]314. The predicted molar refractivity (Wildman–Crippen MR) is 162 cm³/mol. The number of sulfonamides is 1. The van der Waals surface area contributed by atoms with Crippen LogP contribution < -0.4 is 9.47 Å². The summed E-state index contributed by atoms with van der Waals surface area (Å²) >= 11 is 0. The van der Waals surface area contributed by atoms with E-state index in [9.17, 15) is 18.3 Å². The number of benzene rings is 3. The van der Waals surface area contributed by atoms with E-state index in [1.165, 1.54) is 16.8 Å². The number of hydrogen-bond acceptors (Lipinski definition) is 7. The first-order valence-electron chi connectivity index (χ1n) is 15.2. The van der Waals surface area contributed by atoms with Gasteiger partial charge in [0.25, 0.3) is 0 Å². The van der Waals surface area contributed by atoms with Gasteiger partial charge in [-0.25, -0.2) is 8.42 Å². The van der Waals surface area contributed by atoms with E-state index < -0.39 is 39.2 Å². The number of carbonyl (C=O) groups excluding carboxylic acids is 1. The fraction of sp³-hybridized carbons (Fsp3) is 0.441. The largest absolute Gasteiger partial charge is 0.483 e. The average Bonchev–Trinajstić information content (AvgIpc) is 3.34. The second kappa shape index (κ2) is 10.4. The van der Waals surface area contributed by atoms with Crippen molar-refractivity contribution in [1.29, 1.82) is 0 Å². The Labute approximate surface area is 253 Å². The smallest absolute Gasteiger partial charge is 0.308 e. The zero-order chi connectivity index (χ0) is 30.0. The van der Waals surface area contributed by atoms with Crippen LogP contribution in [0.25, 0.3) is 0 Å². The number of ether oxygens (including phenoxy) is 2. The lowest BCUT2D eigenvalue weighted by Gasteiger charge is -2.64. The Hall–Kier alpha value is -3.24. The minimum atomic E-state index is -3.70. The lowest BCUT2D eigenvalue weighted by atomic mass is 9.48. The molecule has 1 saturated heterocycles. The van der Waals surface area contributed by atoms with Crippen molar-refractivity contribution in [3.8, 4) is 11.5 Å². The summed E-state index contributed by atoms with van der Waals surface area (Å²) in [5.74, 6) is 0.243. The third-order valence-electron chi connectivity index (χ3n) is 10.4. The van der Waals surface area contributed by atoms with Gasteiger partial charge in [-0.05, 0) is 61.4 Å². The highest BCUT2D eigenvalue weighted by molar-refractivity contribution is 7.88. The maximum atomic E-state index is 13.8. The van der Waals surface area contributed by atoms with Crippen molar-refractivity contribution < 1.29 is 27.8 Å². The Morgan fingerprint density at radius 1 is 1.05 bits per heavy atom. The van der Waals surface area contributed by atoms with E-state index in [2.05, 4.69) is 29.2 Å². The van der Waals surface area contributed by atoms with Crippen LogP contribution >= 0.6 is 0 Å². The molecule has 0 amide bonds. The molecule has 0 unspecified atom stereocenters. The van der Waals surface area contributed by atoms with Gasteiger partial charge in [-0.1, -0.05) is 66.7 Å². The van der Waals surface area contributed by atoms with Crippen LogP contribution in [-0.4, -0.2) is 72.6 Å². The van der Waals surface area contributed by atoms with Crippen LogP contribution in [0.4, 0.5) is 0 Å². The molecule has 5 atom stereocenters. The van der Waals surface area contributed by atoms with Crippen LogP contribution in [-0.2, 0) is 38.8 Å². The molecule has 2 aliphatic heterocycles. The van der Waals surface area contributed by atoms with Crippen LogP contribution in [0.1, 0.15) is 48.4 Å². The van der Waals surface area contributed by atoms with Crippen molar-refractivity contribution in [2.24, 2.45) is 0 Å². The van der Waals surface area contributed by atoms with Gasteiger partial charge in [0.2, 0.25) is 10.0 Å². The van der Waals surface area contributed by atoms with Gasteiger partial charge >= 0.3 is 5.97 Å². The molecule has 3 aromatic carbocycles. The molecular weight excluding hydrogens is 564 g/mol. The molecule has 0 radical (unpaired) electrons. The van der Waals surface area contributed by atoms with Gasteiger partial charge < -0.3 is 14.6 Å². The molecule has 2 aliphatic carbocycles. The third-order valence-corrected chi connectivity index (χ3v) is 12.3. The highest BCUT2D eigenvalue weighted by atomic mass is 32.2. The van der Waals surface area contributed by atoms with E-state index in [-0.39, 0.29) is 11.8 Å². The summed E-state index contributed by atoms with van der Waals surface area (Å²) in [5, 5.41) is 12.9. The number of likely N-dealkylation sites (tertiary alicyclic amines) is 1. The number of carbonyl (C=O) groups is 1. The molecule has 4 aliphatic rings. The molecule has 1 N–H and O–H groups in total. The maximum absolute atomic E-state index is 13.8. The van der Waals surface area contributed by atoms with Crippen LogP contribution in [0.2, 0.25) is 0 Å². The van der Waals surface area contributed by atoms with Crippen molar-refractivity contribution >= 4 is 16.0 Å². The number of rotatable bonds is 8. The summed E-state index contributed by atoms with van der Waals surface area (Å²) in [6.45, 7) is 2.93. The maximum Gasteiger partial charge on any atom is 0.308 e. The topological polar surface area (TPSA) is 96.4 Å². The van der Waals surface area contributed by atoms with Gasteiger partial charge in [-0.15, -0.1) is 0 Å². The fourth-order valence-electron chi connectivity index (χ4n) is 8.48. The molecule has 8 nitrogen and oxygen atoms in total. The van der Waals surface area contributed by atoms with Gasteiger partial charge in [-0.2, -0.15) is 4.31 Å². The highest BCUT2D eigenvalue weighted by Crippen LogP contribution is 2.66. The van der Waals surface area contributed by atoms with Gasteiger partial charge in [0, 0.05) is 32.1 Å². The standard InChI is InChI=1S/C34H38N2O6S/c1-23(37)41-28-14-13-26-21-29-34(38)17-15-27(35(2)43(39,40)22-25-11-7-4-8-12-25)32-33(34,30(26)31(28)42-32)18-20-36(29)19-16-24-9-5-3-6-10-24/h3-14,27,29,32,38H,15-22H2,1-2H3/t27-,29-,32+,33+,34-/m1/s1. The molecule has 0 aromatic heterocycles. The van der Waals surface area contributed by atoms with E-state index in [1.807, 2.05) is 42.5 Å². The van der Waals surface area contributed by atoms with E-state index in [1.54, 1.807) is 13.1 Å².